The molecule has 1 unspecified atom stereocenters. The molecule has 0 aliphatic heterocycles. The van der Waals surface area contributed by atoms with Gasteiger partial charge in [-0.3, -0.25) is 9.59 Å². The third-order valence-electron chi connectivity index (χ3n) is 3.83. The van der Waals surface area contributed by atoms with E-state index in [-0.39, 0.29) is 17.8 Å². The number of hydrogen-bond acceptors (Lipinski definition) is 4. The van der Waals surface area contributed by atoms with Gasteiger partial charge in [-0.15, -0.1) is 0 Å². The maximum Gasteiger partial charge on any atom is 0.310 e. The summed E-state index contributed by atoms with van der Waals surface area (Å²) in [5, 5.41) is 0. The first-order chi connectivity index (χ1) is 10.3. The van der Waals surface area contributed by atoms with E-state index in [9.17, 15) is 9.59 Å². The van der Waals surface area contributed by atoms with Crippen LogP contribution in [0, 0.1) is 11.8 Å². The molecule has 130 valence electrons. The van der Waals surface area contributed by atoms with Crippen molar-refractivity contribution in [2.24, 2.45) is 11.8 Å². The van der Waals surface area contributed by atoms with Crippen LogP contribution in [0.1, 0.15) is 47.5 Å². The lowest BCUT2D eigenvalue weighted by molar-refractivity contribution is -0.146. The molecular formula is C17H34N2O3. The molecule has 0 aromatic heterocycles. The van der Waals surface area contributed by atoms with Crippen LogP contribution in [0.3, 0.4) is 0 Å². The first-order valence-corrected chi connectivity index (χ1v) is 8.43. The predicted molar refractivity (Wildman–Crippen MR) is 89.6 cm³/mol. The minimum absolute atomic E-state index is 0.130. The average Bonchev–Trinajstić information content (AvgIpc) is 2.48. The minimum atomic E-state index is -0.283. The third-order valence-corrected chi connectivity index (χ3v) is 3.83. The molecule has 1 amide bonds. The fourth-order valence-electron chi connectivity index (χ4n) is 2.43. The van der Waals surface area contributed by atoms with Crippen LogP contribution in [0.2, 0.25) is 0 Å². The van der Waals surface area contributed by atoms with Crippen molar-refractivity contribution in [3.8, 4) is 0 Å². The Morgan fingerprint density at radius 1 is 1.05 bits per heavy atom. The average molecular weight is 314 g/mol. The van der Waals surface area contributed by atoms with Gasteiger partial charge in [0.25, 0.3) is 0 Å². The molecule has 0 saturated heterocycles. The van der Waals surface area contributed by atoms with Crippen LogP contribution >= 0.6 is 0 Å². The molecule has 0 saturated carbocycles. The zero-order chi connectivity index (χ0) is 17.1. The minimum Gasteiger partial charge on any atom is -0.469 e. The second kappa shape index (κ2) is 11.5. The highest BCUT2D eigenvalue weighted by Crippen LogP contribution is 2.09. The van der Waals surface area contributed by atoms with Crippen LogP contribution < -0.4 is 0 Å². The number of carbonyl (C=O) groups excluding carboxylic acids is 2. The van der Waals surface area contributed by atoms with E-state index in [0.717, 1.165) is 26.1 Å². The second-order valence-corrected chi connectivity index (χ2v) is 6.24. The van der Waals surface area contributed by atoms with Gasteiger partial charge in [-0.05, 0) is 32.0 Å². The first-order valence-electron chi connectivity index (χ1n) is 8.43. The van der Waals surface area contributed by atoms with Crippen LogP contribution in [-0.4, -0.2) is 61.5 Å². The zero-order valence-electron chi connectivity index (χ0n) is 15.2. The Morgan fingerprint density at radius 2 is 1.64 bits per heavy atom. The number of amides is 1. The normalized spacial score (nSPS) is 12.5. The van der Waals surface area contributed by atoms with Gasteiger partial charge in [0.05, 0.1) is 13.0 Å². The largest absolute Gasteiger partial charge is 0.469 e. The lowest BCUT2D eigenvalue weighted by Crippen LogP contribution is -2.39. The number of carbonyl (C=O) groups is 2. The van der Waals surface area contributed by atoms with E-state index in [2.05, 4.69) is 18.7 Å². The molecule has 0 aliphatic rings. The molecule has 1 atom stereocenters. The molecule has 0 spiro atoms. The van der Waals surface area contributed by atoms with Gasteiger partial charge >= 0.3 is 5.97 Å². The fraction of sp³-hybridized carbons (Fsp3) is 0.882. The summed E-state index contributed by atoms with van der Waals surface area (Å²) in [5.74, 6) is -0.0860. The molecule has 0 aromatic carbocycles. The molecule has 22 heavy (non-hydrogen) atoms. The van der Waals surface area contributed by atoms with Crippen LogP contribution in [0.15, 0.2) is 0 Å². The number of hydrogen-bond donors (Lipinski definition) is 0. The lowest BCUT2D eigenvalue weighted by atomic mass is 10.1. The summed E-state index contributed by atoms with van der Waals surface area (Å²) in [4.78, 5) is 28.1. The summed E-state index contributed by atoms with van der Waals surface area (Å²) < 4.78 is 4.77. The highest BCUT2D eigenvalue weighted by molar-refractivity contribution is 5.78. The lowest BCUT2D eigenvalue weighted by Gasteiger charge is -2.27. The van der Waals surface area contributed by atoms with E-state index in [1.165, 1.54) is 7.11 Å². The van der Waals surface area contributed by atoms with Gasteiger partial charge in [0, 0.05) is 19.5 Å². The molecular weight excluding hydrogens is 280 g/mol. The molecule has 0 heterocycles. The van der Waals surface area contributed by atoms with E-state index in [1.54, 1.807) is 0 Å². The molecule has 0 bridgehead atoms. The van der Waals surface area contributed by atoms with E-state index in [1.807, 2.05) is 25.7 Å². The van der Waals surface area contributed by atoms with Gasteiger partial charge in [0.1, 0.15) is 0 Å². The van der Waals surface area contributed by atoms with E-state index >= 15 is 0 Å². The van der Waals surface area contributed by atoms with Gasteiger partial charge < -0.3 is 14.5 Å². The van der Waals surface area contributed by atoms with Crippen molar-refractivity contribution < 1.29 is 14.3 Å². The Labute approximate surface area is 136 Å². The van der Waals surface area contributed by atoms with E-state index in [0.29, 0.717) is 25.4 Å². The summed E-state index contributed by atoms with van der Waals surface area (Å²) in [6.07, 6.45) is 1.46. The molecule has 0 aliphatic carbocycles. The van der Waals surface area contributed by atoms with Gasteiger partial charge in [-0.1, -0.05) is 34.6 Å². The second-order valence-electron chi connectivity index (χ2n) is 6.24. The summed E-state index contributed by atoms with van der Waals surface area (Å²) in [6, 6.07) is 0. The Bertz CT molecular complexity index is 328. The van der Waals surface area contributed by atoms with Crippen LogP contribution in [0.5, 0.6) is 0 Å². The van der Waals surface area contributed by atoms with Crippen molar-refractivity contribution in [2.45, 2.75) is 47.5 Å². The molecule has 5 nitrogen and oxygen atoms in total. The highest BCUT2D eigenvalue weighted by Gasteiger charge is 2.21. The number of methoxy groups -OCH3 is 1. The third kappa shape index (κ3) is 8.37. The van der Waals surface area contributed by atoms with Gasteiger partial charge in [0.2, 0.25) is 5.91 Å². The quantitative estimate of drug-likeness (QED) is 0.550. The smallest absolute Gasteiger partial charge is 0.310 e. The van der Waals surface area contributed by atoms with E-state index < -0.39 is 0 Å². The van der Waals surface area contributed by atoms with Crippen molar-refractivity contribution >= 4 is 11.9 Å². The van der Waals surface area contributed by atoms with Gasteiger partial charge in [-0.2, -0.15) is 0 Å². The van der Waals surface area contributed by atoms with E-state index in [4.69, 9.17) is 4.74 Å². The van der Waals surface area contributed by atoms with Crippen molar-refractivity contribution in [3.63, 3.8) is 0 Å². The van der Waals surface area contributed by atoms with Crippen molar-refractivity contribution in [1.82, 2.24) is 9.80 Å². The van der Waals surface area contributed by atoms with Crippen molar-refractivity contribution in [2.75, 3.05) is 39.8 Å². The maximum atomic E-state index is 12.4. The summed E-state index contributed by atoms with van der Waals surface area (Å²) in [6.45, 7) is 14.3. The number of nitrogens with zero attached hydrogens (tertiary/aromatic N) is 2. The number of ether oxygens (including phenoxy) is 1. The van der Waals surface area contributed by atoms with Crippen LogP contribution in [0.4, 0.5) is 0 Å². The zero-order valence-corrected chi connectivity index (χ0v) is 15.2. The molecule has 0 rings (SSSR count). The summed E-state index contributed by atoms with van der Waals surface area (Å²) >= 11 is 0. The first kappa shape index (κ1) is 20.9. The predicted octanol–water partition coefficient (Wildman–Crippen LogP) is 2.40. The summed E-state index contributed by atoms with van der Waals surface area (Å²) in [7, 11) is 1.39. The Balaban J connectivity index is 4.58. The van der Waals surface area contributed by atoms with Crippen LogP contribution in [0.25, 0.3) is 0 Å². The number of rotatable bonds is 11. The van der Waals surface area contributed by atoms with Crippen LogP contribution in [-0.2, 0) is 14.3 Å². The van der Waals surface area contributed by atoms with Gasteiger partial charge in [-0.25, -0.2) is 0 Å². The summed E-state index contributed by atoms with van der Waals surface area (Å²) in [5.41, 5.74) is 0. The molecule has 0 radical (unpaired) electrons. The topological polar surface area (TPSA) is 49.9 Å². The Morgan fingerprint density at radius 3 is 2.09 bits per heavy atom. The Hall–Kier alpha value is -1.10. The highest BCUT2D eigenvalue weighted by atomic mass is 16.5. The molecule has 0 fully saturated rings. The maximum absolute atomic E-state index is 12.4. The SMILES string of the molecule is CCN(CC)CCCN(CC(C)C(=O)OC)C(=O)CC(C)C. The molecule has 0 N–H and O–H groups in total. The molecule has 5 heteroatoms. The standard InChI is InChI=1S/C17H34N2O3/c1-7-18(8-2)10-9-11-19(16(20)12-14(3)4)13-15(5)17(21)22-6/h14-15H,7-13H2,1-6H3. The number of esters is 1. The fourth-order valence-corrected chi connectivity index (χ4v) is 2.43. The van der Waals surface area contributed by atoms with Crippen molar-refractivity contribution in [1.29, 1.82) is 0 Å². The van der Waals surface area contributed by atoms with Crippen molar-refractivity contribution in [3.05, 3.63) is 0 Å². The monoisotopic (exact) mass is 314 g/mol. The molecule has 0 aromatic rings. The van der Waals surface area contributed by atoms with Gasteiger partial charge in [0.15, 0.2) is 0 Å². The Kier molecular flexibility index (Phi) is 10.9.